The van der Waals surface area contributed by atoms with Crippen molar-refractivity contribution in [3.05, 3.63) is 29.1 Å². The third kappa shape index (κ3) is 1.96. The molecule has 1 fully saturated rings. The lowest BCUT2D eigenvalue weighted by Gasteiger charge is -2.39. The van der Waals surface area contributed by atoms with Crippen molar-refractivity contribution in [2.75, 3.05) is 18.0 Å². The van der Waals surface area contributed by atoms with Crippen LogP contribution in [0, 0.1) is 0 Å². The van der Waals surface area contributed by atoms with Crippen LogP contribution in [0.2, 0.25) is 0 Å². The van der Waals surface area contributed by atoms with E-state index in [2.05, 4.69) is 31.0 Å². The Hall–Kier alpha value is -1.57. The predicted octanol–water partition coefficient (Wildman–Crippen LogP) is 1.88. The fourth-order valence-electron chi connectivity index (χ4n) is 1.73. The first-order valence-corrected chi connectivity index (χ1v) is 6.00. The van der Waals surface area contributed by atoms with Crippen molar-refractivity contribution >= 4 is 21.7 Å². The molecule has 0 radical (unpaired) electrons. The summed E-state index contributed by atoms with van der Waals surface area (Å²) in [6.07, 6.45) is 4.83. The maximum atomic E-state index is 12.9. The van der Waals surface area contributed by atoms with Gasteiger partial charge in [0.15, 0.2) is 0 Å². The molecule has 2 aromatic heterocycles. The molecule has 0 bridgehead atoms. The van der Waals surface area contributed by atoms with Crippen LogP contribution in [-0.4, -0.2) is 38.8 Å². The minimum absolute atomic E-state index is 0.318. The summed E-state index contributed by atoms with van der Waals surface area (Å²) >= 11 is 3.27. The molecule has 1 aliphatic heterocycles. The van der Waals surface area contributed by atoms with Crippen LogP contribution in [0.1, 0.15) is 0 Å². The van der Waals surface area contributed by atoms with Crippen molar-refractivity contribution in [1.29, 1.82) is 0 Å². The van der Waals surface area contributed by atoms with Crippen molar-refractivity contribution in [2.24, 2.45) is 0 Å². The standard InChI is InChI=1S/C10H8BrF2N5/c11-7-4-14-9(18-3-1-2-15-18)16-8(7)17-5-10(12,13)6-17/h1-4H,5-6H2. The third-order valence-electron chi connectivity index (χ3n) is 2.57. The van der Waals surface area contributed by atoms with Crippen LogP contribution in [0.15, 0.2) is 29.1 Å². The molecule has 0 aliphatic carbocycles. The van der Waals surface area contributed by atoms with Crippen molar-refractivity contribution in [3.8, 4) is 5.95 Å². The molecule has 0 spiro atoms. The smallest absolute Gasteiger partial charge is 0.282 e. The highest BCUT2D eigenvalue weighted by Gasteiger charge is 2.45. The largest absolute Gasteiger partial charge is 0.343 e. The van der Waals surface area contributed by atoms with Crippen LogP contribution < -0.4 is 4.90 Å². The normalized spacial score (nSPS) is 17.6. The molecule has 94 valence electrons. The summed E-state index contributed by atoms with van der Waals surface area (Å²) in [6.45, 7) is -0.637. The number of aromatic nitrogens is 4. The van der Waals surface area contributed by atoms with E-state index in [1.54, 1.807) is 18.5 Å². The van der Waals surface area contributed by atoms with Crippen molar-refractivity contribution < 1.29 is 8.78 Å². The average Bonchev–Trinajstić information content (AvgIpc) is 2.80. The highest BCUT2D eigenvalue weighted by Crippen LogP contribution is 2.34. The predicted molar refractivity (Wildman–Crippen MR) is 64.0 cm³/mol. The Labute approximate surface area is 110 Å². The Morgan fingerprint density at radius 2 is 2.11 bits per heavy atom. The summed E-state index contributed by atoms with van der Waals surface area (Å²) in [4.78, 5) is 9.82. The molecule has 2 aromatic rings. The number of alkyl halides is 2. The summed E-state index contributed by atoms with van der Waals surface area (Å²) < 4.78 is 27.8. The Morgan fingerprint density at radius 3 is 2.72 bits per heavy atom. The van der Waals surface area contributed by atoms with Crippen molar-refractivity contribution in [3.63, 3.8) is 0 Å². The van der Waals surface area contributed by atoms with Crippen LogP contribution in [0.5, 0.6) is 0 Å². The molecule has 0 N–H and O–H groups in total. The molecule has 1 aliphatic rings. The molecular weight excluding hydrogens is 308 g/mol. The Bertz CT molecular complexity index is 564. The van der Waals surface area contributed by atoms with Crippen LogP contribution in [0.25, 0.3) is 5.95 Å². The quantitative estimate of drug-likeness (QED) is 0.849. The van der Waals surface area contributed by atoms with Gasteiger partial charge in [-0.15, -0.1) is 0 Å². The van der Waals surface area contributed by atoms with Crippen LogP contribution >= 0.6 is 15.9 Å². The number of hydrogen-bond acceptors (Lipinski definition) is 4. The first-order chi connectivity index (χ1) is 8.55. The second-order valence-corrected chi connectivity index (χ2v) is 4.86. The molecule has 5 nitrogen and oxygen atoms in total. The molecule has 18 heavy (non-hydrogen) atoms. The molecule has 3 rings (SSSR count). The lowest BCUT2D eigenvalue weighted by Crippen LogP contribution is -2.56. The van der Waals surface area contributed by atoms with Gasteiger partial charge in [-0.05, 0) is 22.0 Å². The lowest BCUT2D eigenvalue weighted by molar-refractivity contribution is -0.0267. The summed E-state index contributed by atoms with van der Waals surface area (Å²) in [7, 11) is 0. The van der Waals surface area contributed by atoms with Gasteiger partial charge in [0, 0.05) is 18.6 Å². The Morgan fingerprint density at radius 1 is 1.33 bits per heavy atom. The van der Waals surface area contributed by atoms with E-state index in [1.165, 1.54) is 15.8 Å². The first kappa shape index (κ1) is 11.5. The van der Waals surface area contributed by atoms with Gasteiger partial charge in [-0.25, -0.2) is 18.4 Å². The van der Waals surface area contributed by atoms with Gasteiger partial charge in [-0.1, -0.05) is 0 Å². The number of anilines is 1. The minimum Gasteiger partial charge on any atom is -0.343 e. The third-order valence-corrected chi connectivity index (χ3v) is 3.13. The van der Waals surface area contributed by atoms with Crippen LogP contribution in [-0.2, 0) is 0 Å². The molecular formula is C10H8BrF2N5. The van der Waals surface area contributed by atoms with Gasteiger partial charge < -0.3 is 4.90 Å². The summed E-state index contributed by atoms with van der Waals surface area (Å²) in [5.41, 5.74) is 0. The monoisotopic (exact) mass is 315 g/mol. The van der Waals surface area contributed by atoms with E-state index in [4.69, 9.17) is 0 Å². The van der Waals surface area contributed by atoms with E-state index in [-0.39, 0.29) is 13.1 Å². The van der Waals surface area contributed by atoms with E-state index in [1.807, 2.05) is 0 Å². The molecule has 0 aromatic carbocycles. The Kier molecular flexibility index (Phi) is 2.54. The first-order valence-electron chi connectivity index (χ1n) is 5.20. The highest BCUT2D eigenvalue weighted by atomic mass is 79.9. The van der Waals surface area contributed by atoms with Gasteiger partial charge in [-0.3, -0.25) is 0 Å². The number of nitrogens with zero attached hydrogens (tertiary/aromatic N) is 5. The van der Waals surface area contributed by atoms with Gasteiger partial charge in [0.25, 0.3) is 11.9 Å². The fraction of sp³-hybridized carbons (Fsp3) is 0.300. The second kappa shape index (κ2) is 3.98. The fourth-order valence-corrected chi connectivity index (χ4v) is 2.17. The van der Waals surface area contributed by atoms with Gasteiger partial charge in [0.1, 0.15) is 5.82 Å². The summed E-state index contributed by atoms with van der Waals surface area (Å²) in [5.74, 6) is -1.81. The molecule has 0 atom stereocenters. The van der Waals surface area contributed by atoms with Gasteiger partial charge in [0.2, 0.25) is 0 Å². The topological polar surface area (TPSA) is 46.8 Å². The van der Waals surface area contributed by atoms with Crippen LogP contribution in [0.3, 0.4) is 0 Å². The zero-order valence-electron chi connectivity index (χ0n) is 9.09. The SMILES string of the molecule is FC1(F)CN(c2nc(-n3cccn3)ncc2Br)C1. The summed E-state index contributed by atoms with van der Waals surface area (Å²) in [5, 5.41) is 4.00. The van der Waals surface area contributed by atoms with Crippen molar-refractivity contribution in [1.82, 2.24) is 19.7 Å². The molecule has 0 amide bonds. The Balaban J connectivity index is 1.93. The van der Waals surface area contributed by atoms with E-state index in [0.717, 1.165) is 0 Å². The number of halogens is 3. The molecule has 8 heteroatoms. The maximum absolute atomic E-state index is 12.9. The molecule has 0 unspecified atom stereocenters. The van der Waals surface area contributed by atoms with Crippen molar-refractivity contribution in [2.45, 2.75) is 5.92 Å². The van der Waals surface area contributed by atoms with Gasteiger partial charge in [-0.2, -0.15) is 10.1 Å². The minimum atomic E-state index is -2.63. The van der Waals surface area contributed by atoms with E-state index < -0.39 is 5.92 Å². The zero-order chi connectivity index (χ0) is 12.8. The lowest BCUT2D eigenvalue weighted by atomic mass is 10.1. The van der Waals surface area contributed by atoms with Gasteiger partial charge >= 0.3 is 0 Å². The summed E-state index contributed by atoms with van der Waals surface area (Å²) in [6, 6.07) is 1.74. The molecule has 0 saturated carbocycles. The highest BCUT2D eigenvalue weighted by molar-refractivity contribution is 9.10. The number of rotatable bonds is 2. The maximum Gasteiger partial charge on any atom is 0.282 e. The van der Waals surface area contributed by atoms with E-state index >= 15 is 0 Å². The zero-order valence-corrected chi connectivity index (χ0v) is 10.7. The average molecular weight is 316 g/mol. The van der Waals surface area contributed by atoms with E-state index in [9.17, 15) is 8.78 Å². The van der Waals surface area contributed by atoms with E-state index in [0.29, 0.717) is 16.2 Å². The number of hydrogen-bond donors (Lipinski definition) is 0. The molecule has 1 saturated heterocycles. The van der Waals surface area contributed by atoms with Gasteiger partial charge in [0.05, 0.1) is 17.6 Å². The second-order valence-electron chi connectivity index (χ2n) is 4.00. The van der Waals surface area contributed by atoms with Crippen LogP contribution in [0.4, 0.5) is 14.6 Å². The molecule has 3 heterocycles.